The molecule has 0 aromatic carbocycles. The van der Waals surface area contributed by atoms with Crippen molar-refractivity contribution in [2.24, 2.45) is 0 Å². The van der Waals surface area contributed by atoms with Crippen LogP contribution < -0.4 is 0 Å². The largest absolute Gasteiger partial charge is 0.256 e. The third-order valence-electron chi connectivity index (χ3n) is 4.89. The lowest BCUT2D eigenvalue weighted by Crippen LogP contribution is -2.07. The van der Waals surface area contributed by atoms with Gasteiger partial charge in [-0.1, -0.05) is 25.7 Å². The van der Waals surface area contributed by atoms with Gasteiger partial charge in [-0.3, -0.25) is 4.98 Å². The zero-order chi connectivity index (χ0) is 13.2. The molecule has 0 N–H and O–H groups in total. The summed E-state index contributed by atoms with van der Waals surface area (Å²) in [6, 6.07) is 4.57. The van der Waals surface area contributed by atoms with Gasteiger partial charge in [-0.15, -0.1) is 0 Å². The van der Waals surface area contributed by atoms with Crippen molar-refractivity contribution in [2.75, 3.05) is 0 Å². The summed E-state index contributed by atoms with van der Waals surface area (Å²) in [7, 11) is 0. The number of rotatable bonds is 2. The van der Waals surface area contributed by atoms with E-state index in [0.717, 1.165) is 16.8 Å². The van der Waals surface area contributed by atoms with Crippen molar-refractivity contribution in [3.05, 3.63) is 28.6 Å². The molecule has 1 aromatic heterocycles. The summed E-state index contributed by atoms with van der Waals surface area (Å²) < 4.78 is 0. The van der Waals surface area contributed by atoms with E-state index >= 15 is 0 Å². The summed E-state index contributed by atoms with van der Waals surface area (Å²) in [4.78, 5) is 4.95. The number of aromatic nitrogens is 1. The highest BCUT2D eigenvalue weighted by molar-refractivity contribution is 5.44. The second-order valence-electron chi connectivity index (χ2n) is 6.20. The van der Waals surface area contributed by atoms with Crippen LogP contribution in [0.1, 0.15) is 85.7 Å². The molecule has 0 radical (unpaired) electrons. The van der Waals surface area contributed by atoms with Crippen LogP contribution in [0.5, 0.6) is 0 Å². The Morgan fingerprint density at radius 2 is 1.63 bits per heavy atom. The molecule has 19 heavy (non-hydrogen) atoms. The standard InChI is InChI=1S/C17H22N2/c1-12-10-16(13-6-2-3-7-13)19-17(15(12)11-18)14-8-4-5-9-14/h10,13-14H,2-9H2,1H3. The predicted octanol–water partition coefficient (Wildman–Crippen LogP) is 4.58. The maximum atomic E-state index is 9.43. The van der Waals surface area contributed by atoms with Crippen molar-refractivity contribution in [3.63, 3.8) is 0 Å². The van der Waals surface area contributed by atoms with Gasteiger partial charge >= 0.3 is 0 Å². The Labute approximate surface area is 115 Å². The first-order chi connectivity index (χ1) is 9.29. The maximum Gasteiger partial charge on any atom is 0.101 e. The molecular weight excluding hydrogens is 232 g/mol. The number of aryl methyl sites for hydroxylation is 1. The lowest BCUT2D eigenvalue weighted by atomic mass is 9.93. The minimum atomic E-state index is 0.537. The third-order valence-corrected chi connectivity index (χ3v) is 4.89. The van der Waals surface area contributed by atoms with E-state index in [4.69, 9.17) is 4.98 Å². The molecule has 0 unspecified atom stereocenters. The molecule has 0 spiro atoms. The van der Waals surface area contributed by atoms with Gasteiger partial charge in [0.25, 0.3) is 0 Å². The minimum Gasteiger partial charge on any atom is -0.256 e. The zero-order valence-corrected chi connectivity index (χ0v) is 11.8. The molecule has 0 bridgehead atoms. The second kappa shape index (κ2) is 5.33. The van der Waals surface area contributed by atoms with E-state index in [0.29, 0.717) is 11.8 Å². The first kappa shape index (κ1) is 12.7. The first-order valence-corrected chi connectivity index (χ1v) is 7.71. The topological polar surface area (TPSA) is 36.7 Å². The molecule has 2 heteroatoms. The van der Waals surface area contributed by atoms with Crippen LogP contribution >= 0.6 is 0 Å². The number of nitriles is 1. The van der Waals surface area contributed by atoms with Crippen LogP contribution in [0.15, 0.2) is 6.07 Å². The molecule has 2 aliphatic carbocycles. The van der Waals surface area contributed by atoms with E-state index < -0.39 is 0 Å². The Balaban J connectivity index is 2.01. The average molecular weight is 254 g/mol. The SMILES string of the molecule is Cc1cc(C2CCCC2)nc(C2CCCC2)c1C#N. The van der Waals surface area contributed by atoms with Crippen LogP contribution in [0.2, 0.25) is 0 Å². The zero-order valence-electron chi connectivity index (χ0n) is 11.8. The Kier molecular flexibility index (Phi) is 3.55. The number of nitrogens with zero attached hydrogens (tertiary/aromatic N) is 2. The van der Waals surface area contributed by atoms with Crippen LogP contribution in [0.4, 0.5) is 0 Å². The second-order valence-corrected chi connectivity index (χ2v) is 6.20. The predicted molar refractivity (Wildman–Crippen MR) is 76.1 cm³/mol. The van der Waals surface area contributed by atoms with Crippen molar-refractivity contribution >= 4 is 0 Å². The van der Waals surface area contributed by atoms with Crippen LogP contribution in [-0.4, -0.2) is 4.98 Å². The van der Waals surface area contributed by atoms with Crippen LogP contribution in [-0.2, 0) is 0 Å². The quantitative estimate of drug-likeness (QED) is 0.774. The molecule has 2 nitrogen and oxygen atoms in total. The van der Waals surface area contributed by atoms with E-state index in [-0.39, 0.29) is 0 Å². The van der Waals surface area contributed by atoms with Gasteiger partial charge in [0.2, 0.25) is 0 Å². The molecule has 1 aromatic rings. The number of hydrogen-bond donors (Lipinski definition) is 0. The molecule has 3 rings (SSSR count). The first-order valence-electron chi connectivity index (χ1n) is 7.71. The highest BCUT2D eigenvalue weighted by Crippen LogP contribution is 2.38. The highest BCUT2D eigenvalue weighted by atomic mass is 14.7. The lowest BCUT2D eigenvalue weighted by molar-refractivity contribution is 0.652. The highest BCUT2D eigenvalue weighted by Gasteiger charge is 2.26. The minimum absolute atomic E-state index is 0.537. The molecule has 0 aliphatic heterocycles. The van der Waals surface area contributed by atoms with Crippen LogP contribution in [0.3, 0.4) is 0 Å². The Hall–Kier alpha value is -1.36. The fraction of sp³-hybridized carbons (Fsp3) is 0.647. The maximum absolute atomic E-state index is 9.43. The molecular formula is C17H22N2. The Morgan fingerprint density at radius 3 is 2.21 bits per heavy atom. The number of hydrogen-bond acceptors (Lipinski definition) is 2. The van der Waals surface area contributed by atoms with E-state index in [1.165, 1.54) is 57.1 Å². The summed E-state index contributed by atoms with van der Waals surface area (Å²) in [5.74, 6) is 1.18. The number of pyridine rings is 1. The molecule has 2 aliphatic rings. The van der Waals surface area contributed by atoms with Gasteiger partial charge in [-0.2, -0.15) is 5.26 Å². The van der Waals surface area contributed by atoms with Gasteiger partial charge < -0.3 is 0 Å². The van der Waals surface area contributed by atoms with E-state index in [1.807, 2.05) is 0 Å². The summed E-state index contributed by atoms with van der Waals surface area (Å²) in [5.41, 5.74) is 4.37. The van der Waals surface area contributed by atoms with Crippen molar-refractivity contribution < 1.29 is 0 Å². The Bertz CT molecular complexity index is 501. The molecule has 100 valence electrons. The van der Waals surface area contributed by atoms with Crippen LogP contribution in [0, 0.1) is 18.3 Å². The molecule has 0 saturated heterocycles. The summed E-state index contributed by atoms with van der Waals surface area (Å²) in [6.07, 6.45) is 10.3. The van der Waals surface area contributed by atoms with Crippen molar-refractivity contribution in [1.82, 2.24) is 4.98 Å². The Morgan fingerprint density at radius 1 is 1.05 bits per heavy atom. The molecule has 0 atom stereocenters. The van der Waals surface area contributed by atoms with Crippen molar-refractivity contribution in [1.29, 1.82) is 5.26 Å². The fourth-order valence-electron chi connectivity index (χ4n) is 3.79. The van der Waals surface area contributed by atoms with Gasteiger partial charge in [-0.25, -0.2) is 0 Å². The summed E-state index contributed by atoms with van der Waals surface area (Å²) >= 11 is 0. The monoisotopic (exact) mass is 254 g/mol. The summed E-state index contributed by atoms with van der Waals surface area (Å²) in [5, 5.41) is 9.43. The molecule has 2 saturated carbocycles. The van der Waals surface area contributed by atoms with Gasteiger partial charge in [0, 0.05) is 17.5 Å². The molecule has 2 fully saturated rings. The smallest absolute Gasteiger partial charge is 0.101 e. The van der Waals surface area contributed by atoms with Crippen molar-refractivity contribution in [2.45, 2.75) is 70.1 Å². The van der Waals surface area contributed by atoms with Crippen LogP contribution in [0.25, 0.3) is 0 Å². The van der Waals surface area contributed by atoms with Gasteiger partial charge in [0.15, 0.2) is 0 Å². The van der Waals surface area contributed by atoms with Crippen molar-refractivity contribution in [3.8, 4) is 6.07 Å². The van der Waals surface area contributed by atoms with E-state index in [1.54, 1.807) is 0 Å². The van der Waals surface area contributed by atoms with Gasteiger partial charge in [0.05, 0.1) is 11.3 Å². The molecule has 1 heterocycles. The van der Waals surface area contributed by atoms with E-state index in [9.17, 15) is 5.26 Å². The summed E-state index contributed by atoms with van der Waals surface area (Å²) in [6.45, 7) is 2.08. The van der Waals surface area contributed by atoms with Gasteiger partial charge in [-0.05, 0) is 44.2 Å². The van der Waals surface area contributed by atoms with E-state index in [2.05, 4.69) is 19.1 Å². The normalized spacial score (nSPS) is 20.8. The lowest BCUT2D eigenvalue weighted by Gasteiger charge is -2.17. The fourth-order valence-corrected chi connectivity index (χ4v) is 3.79. The van der Waals surface area contributed by atoms with Gasteiger partial charge in [0.1, 0.15) is 6.07 Å². The third kappa shape index (κ3) is 2.39. The average Bonchev–Trinajstić information content (AvgIpc) is 3.11. The molecule has 0 amide bonds.